The number of fused-ring (bicyclic) bond motifs is 1. The van der Waals surface area contributed by atoms with Gasteiger partial charge in [-0.1, -0.05) is 0 Å². The minimum atomic E-state index is -3.57. The average Bonchev–Trinajstić information content (AvgIpc) is 3.74. The molecule has 2 N–H and O–H groups in total. The van der Waals surface area contributed by atoms with Crippen LogP contribution in [0, 0.1) is 5.82 Å². The number of ether oxygens (including phenoxy) is 1. The number of nitrogens with zero attached hydrogens (tertiary/aromatic N) is 1. The second-order valence-electron chi connectivity index (χ2n) is 10.7. The van der Waals surface area contributed by atoms with E-state index in [9.17, 15) is 17.6 Å². The van der Waals surface area contributed by atoms with Crippen molar-refractivity contribution >= 4 is 45.0 Å². The lowest BCUT2D eigenvalue weighted by Gasteiger charge is -2.35. The minimum absolute atomic E-state index is 0. The van der Waals surface area contributed by atoms with Gasteiger partial charge in [-0.25, -0.2) is 12.8 Å². The molecule has 1 aliphatic heterocycles. The van der Waals surface area contributed by atoms with Crippen molar-refractivity contribution in [1.82, 2.24) is 10.6 Å². The normalized spacial score (nSPS) is 15.7. The third kappa shape index (κ3) is 5.97. The summed E-state index contributed by atoms with van der Waals surface area (Å²) >= 11 is 0. The molecule has 2 aliphatic rings. The minimum Gasteiger partial charge on any atom is -0.457 e. The molecule has 222 valence electrons. The van der Waals surface area contributed by atoms with E-state index in [1.165, 1.54) is 18.4 Å². The lowest BCUT2D eigenvalue weighted by Crippen LogP contribution is -2.46. The Morgan fingerprint density at radius 1 is 1.00 bits per heavy atom. The van der Waals surface area contributed by atoms with Crippen LogP contribution in [-0.2, 0) is 10.0 Å². The van der Waals surface area contributed by atoms with Crippen molar-refractivity contribution in [3.63, 3.8) is 0 Å². The van der Waals surface area contributed by atoms with E-state index in [2.05, 4.69) is 10.6 Å². The van der Waals surface area contributed by atoms with Gasteiger partial charge < -0.3 is 19.8 Å². The highest BCUT2D eigenvalue weighted by atomic mass is 35.5. The molecule has 1 saturated heterocycles. The summed E-state index contributed by atoms with van der Waals surface area (Å²) in [6, 6.07) is 16.4. The number of rotatable bonds is 8. The topological polar surface area (TPSA) is 101 Å². The molecule has 1 aliphatic carbocycles. The highest BCUT2D eigenvalue weighted by Gasteiger charge is 2.36. The molecule has 6 rings (SSSR count). The molecule has 1 aromatic heterocycles. The highest BCUT2D eigenvalue weighted by molar-refractivity contribution is 7.92. The van der Waals surface area contributed by atoms with Crippen molar-refractivity contribution in [3.05, 3.63) is 77.6 Å². The lowest BCUT2D eigenvalue weighted by atomic mass is 9.99. The van der Waals surface area contributed by atoms with Crippen LogP contribution in [0.4, 0.5) is 10.1 Å². The number of sulfonamides is 1. The van der Waals surface area contributed by atoms with Gasteiger partial charge in [0, 0.05) is 30.1 Å². The number of benzene rings is 3. The predicted octanol–water partition coefficient (Wildman–Crippen LogP) is 6.21. The third-order valence-corrected chi connectivity index (χ3v) is 8.92. The summed E-state index contributed by atoms with van der Waals surface area (Å²) < 4.78 is 53.3. The van der Waals surface area contributed by atoms with Crippen molar-refractivity contribution in [1.29, 1.82) is 0 Å². The van der Waals surface area contributed by atoms with Crippen molar-refractivity contribution < 1.29 is 26.8 Å². The maximum absolute atomic E-state index is 13.2. The number of hydrogen-bond donors (Lipinski definition) is 2. The molecule has 1 amide bonds. The van der Waals surface area contributed by atoms with Gasteiger partial charge >= 0.3 is 0 Å². The van der Waals surface area contributed by atoms with Gasteiger partial charge in [-0.05, 0) is 105 Å². The van der Waals surface area contributed by atoms with Crippen LogP contribution in [0.5, 0.6) is 11.5 Å². The second kappa shape index (κ2) is 11.9. The number of carbonyl (C=O) groups is 1. The summed E-state index contributed by atoms with van der Waals surface area (Å²) in [6.07, 6.45) is 4.63. The SMILES string of the molecule is CNC(=O)c1c(-c2ccc(Oc3ccc(F)cc3)cc2)oc2cc(N(C3CCNCC3)S(C)(=O)=O)c(C3CC3)cc12.Cl. The molecule has 42 heavy (non-hydrogen) atoms. The van der Waals surface area contributed by atoms with E-state index >= 15 is 0 Å². The van der Waals surface area contributed by atoms with Crippen molar-refractivity contribution in [2.24, 2.45) is 0 Å². The number of hydrogen-bond acceptors (Lipinski definition) is 6. The van der Waals surface area contributed by atoms with Crippen LogP contribution < -0.4 is 19.7 Å². The van der Waals surface area contributed by atoms with E-state index in [0.29, 0.717) is 57.9 Å². The first-order chi connectivity index (χ1) is 19.7. The summed E-state index contributed by atoms with van der Waals surface area (Å²) in [6.45, 7) is 1.51. The first-order valence-electron chi connectivity index (χ1n) is 13.8. The Kier molecular flexibility index (Phi) is 8.50. The number of halogens is 2. The number of piperidine rings is 1. The quantitative estimate of drug-likeness (QED) is 0.245. The van der Waals surface area contributed by atoms with Crippen LogP contribution in [-0.4, -0.2) is 46.8 Å². The number of carbonyl (C=O) groups excluding carboxylic acids is 1. The number of amides is 1. The van der Waals surface area contributed by atoms with Crippen molar-refractivity contribution in [2.45, 2.75) is 37.6 Å². The zero-order chi connectivity index (χ0) is 28.7. The first kappa shape index (κ1) is 29.9. The number of nitrogens with one attached hydrogen (secondary N) is 2. The summed E-state index contributed by atoms with van der Waals surface area (Å²) in [5.74, 6) is 1.03. The summed E-state index contributed by atoms with van der Waals surface area (Å²) in [4.78, 5) is 13.2. The molecule has 2 fully saturated rings. The summed E-state index contributed by atoms with van der Waals surface area (Å²) in [7, 11) is -2.00. The fraction of sp³-hybridized carbons (Fsp3) is 0.323. The summed E-state index contributed by atoms with van der Waals surface area (Å²) in [5, 5.41) is 6.69. The van der Waals surface area contributed by atoms with E-state index < -0.39 is 10.0 Å². The van der Waals surface area contributed by atoms with Gasteiger partial charge in [0.2, 0.25) is 10.0 Å². The van der Waals surface area contributed by atoms with E-state index in [1.54, 1.807) is 53.8 Å². The molecule has 0 unspecified atom stereocenters. The van der Waals surface area contributed by atoms with Gasteiger partial charge in [-0.15, -0.1) is 12.4 Å². The molecule has 0 spiro atoms. The summed E-state index contributed by atoms with van der Waals surface area (Å²) in [5.41, 5.74) is 3.09. The Morgan fingerprint density at radius 3 is 2.19 bits per heavy atom. The fourth-order valence-electron chi connectivity index (χ4n) is 5.62. The van der Waals surface area contributed by atoms with E-state index in [0.717, 1.165) is 31.5 Å². The van der Waals surface area contributed by atoms with Gasteiger partial charge in [-0.2, -0.15) is 0 Å². The first-order valence-corrected chi connectivity index (χ1v) is 15.6. The van der Waals surface area contributed by atoms with Crippen LogP contribution >= 0.6 is 12.4 Å². The van der Waals surface area contributed by atoms with Crippen LogP contribution in [0.1, 0.15) is 47.5 Å². The molecule has 0 radical (unpaired) electrons. The zero-order valence-electron chi connectivity index (χ0n) is 23.4. The van der Waals surface area contributed by atoms with Gasteiger partial charge in [-0.3, -0.25) is 9.10 Å². The third-order valence-electron chi connectivity index (χ3n) is 7.71. The van der Waals surface area contributed by atoms with Crippen LogP contribution in [0.2, 0.25) is 0 Å². The van der Waals surface area contributed by atoms with E-state index in [4.69, 9.17) is 9.15 Å². The maximum atomic E-state index is 13.2. The molecular weight excluding hydrogens is 581 g/mol. The van der Waals surface area contributed by atoms with Crippen molar-refractivity contribution in [2.75, 3.05) is 30.7 Å². The predicted molar refractivity (Wildman–Crippen MR) is 164 cm³/mol. The monoisotopic (exact) mass is 613 g/mol. The van der Waals surface area contributed by atoms with Gasteiger partial charge in [0.15, 0.2) is 0 Å². The largest absolute Gasteiger partial charge is 0.457 e. The molecule has 0 bridgehead atoms. The smallest absolute Gasteiger partial charge is 0.255 e. The van der Waals surface area contributed by atoms with Crippen LogP contribution in [0.25, 0.3) is 22.3 Å². The lowest BCUT2D eigenvalue weighted by molar-refractivity contribution is 0.0964. The maximum Gasteiger partial charge on any atom is 0.255 e. The highest BCUT2D eigenvalue weighted by Crippen LogP contribution is 2.48. The van der Waals surface area contributed by atoms with Crippen LogP contribution in [0.3, 0.4) is 0 Å². The number of anilines is 1. The van der Waals surface area contributed by atoms with Gasteiger partial charge in [0.1, 0.15) is 28.7 Å². The van der Waals surface area contributed by atoms with Gasteiger partial charge in [0.25, 0.3) is 5.91 Å². The molecule has 3 aromatic carbocycles. The van der Waals surface area contributed by atoms with E-state index in [1.807, 2.05) is 6.07 Å². The second-order valence-corrected chi connectivity index (χ2v) is 12.5. The molecule has 2 heterocycles. The molecule has 4 aromatic rings. The van der Waals surface area contributed by atoms with Crippen LogP contribution in [0.15, 0.2) is 65.1 Å². The molecule has 8 nitrogen and oxygen atoms in total. The molecule has 11 heteroatoms. The standard InChI is InChI=1S/C31H32FN3O5S.ClH/c1-33-31(36)29-26-17-25(19-3-4-19)27(35(41(2,37)38)22-13-15-34-16-14-22)18-28(26)40-30(29)20-5-9-23(10-6-20)39-24-11-7-21(32)8-12-24;/h5-12,17-19,22,34H,3-4,13-16H2,1-2H3,(H,33,36);1H. The Morgan fingerprint density at radius 2 is 1.62 bits per heavy atom. The molecule has 1 saturated carbocycles. The molecular formula is C31H33ClFN3O5S. The Labute approximate surface area is 250 Å². The molecule has 0 atom stereocenters. The van der Waals surface area contributed by atoms with Crippen molar-refractivity contribution in [3.8, 4) is 22.8 Å². The zero-order valence-corrected chi connectivity index (χ0v) is 25.0. The van der Waals surface area contributed by atoms with E-state index in [-0.39, 0.29) is 36.1 Å². The average molecular weight is 614 g/mol. The van der Waals surface area contributed by atoms with Gasteiger partial charge in [0.05, 0.1) is 17.5 Å². The Bertz CT molecular complexity index is 1700. The Hall–Kier alpha value is -3.60. The fourth-order valence-corrected chi connectivity index (χ4v) is 6.88. The number of furan rings is 1. The Balaban J connectivity index is 0.00000353.